The van der Waals surface area contributed by atoms with Gasteiger partial charge in [0.1, 0.15) is 5.82 Å². The van der Waals surface area contributed by atoms with Gasteiger partial charge in [0.05, 0.1) is 17.6 Å². The summed E-state index contributed by atoms with van der Waals surface area (Å²) in [5, 5.41) is 11.9. The molecule has 0 bridgehead atoms. The van der Waals surface area contributed by atoms with Gasteiger partial charge in [-0.3, -0.25) is 4.68 Å². The number of rotatable bonds is 5. The lowest BCUT2D eigenvalue weighted by atomic mass is 10.3. The average Bonchev–Trinajstić information content (AvgIpc) is 2.84. The number of aromatic nitrogens is 4. The van der Waals surface area contributed by atoms with E-state index in [0.717, 1.165) is 35.7 Å². The molecule has 0 radical (unpaired) electrons. The highest BCUT2D eigenvalue weighted by molar-refractivity contribution is 5.64. The zero-order chi connectivity index (χ0) is 13.1. The Hall–Kier alpha value is -1.98. The molecule has 0 aliphatic heterocycles. The van der Waals surface area contributed by atoms with Crippen LogP contribution < -0.4 is 11.1 Å². The Morgan fingerprint density at radius 3 is 2.83 bits per heavy atom. The second-order valence-electron chi connectivity index (χ2n) is 4.45. The van der Waals surface area contributed by atoms with Crippen molar-refractivity contribution < 1.29 is 0 Å². The third-order valence-corrected chi connectivity index (χ3v) is 2.83. The van der Waals surface area contributed by atoms with Crippen molar-refractivity contribution in [3.63, 3.8) is 0 Å². The SMILES string of the molecule is CCCn1nc(C)c(N)c1NCc1cnn(C)c1. The molecule has 0 saturated heterocycles. The summed E-state index contributed by atoms with van der Waals surface area (Å²) in [6.45, 7) is 5.62. The summed E-state index contributed by atoms with van der Waals surface area (Å²) in [5.41, 5.74) is 8.76. The number of nitrogens with zero attached hydrogens (tertiary/aromatic N) is 4. The number of nitrogen functional groups attached to an aromatic ring is 1. The van der Waals surface area contributed by atoms with Crippen LogP contribution >= 0.6 is 0 Å². The molecule has 6 nitrogen and oxygen atoms in total. The first-order valence-electron chi connectivity index (χ1n) is 6.16. The third kappa shape index (κ3) is 2.47. The fraction of sp³-hybridized carbons (Fsp3) is 0.500. The van der Waals surface area contributed by atoms with Crippen molar-refractivity contribution in [2.45, 2.75) is 33.4 Å². The van der Waals surface area contributed by atoms with Crippen LogP contribution in [-0.4, -0.2) is 19.6 Å². The molecule has 3 N–H and O–H groups in total. The minimum Gasteiger partial charge on any atom is -0.394 e. The van der Waals surface area contributed by atoms with Gasteiger partial charge in [-0.1, -0.05) is 6.92 Å². The van der Waals surface area contributed by atoms with Gasteiger partial charge in [0.25, 0.3) is 0 Å². The van der Waals surface area contributed by atoms with Crippen LogP contribution in [0.4, 0.5) is 11.5 Å². The van der Waals surface area contributed by atoms with E-state index >= 15 is 0 Å². The third-order valence-electron chi connectivity index (χ3n) is 2.83. The molecular weight excluding hydrogens is 228 g/mol. The highest BCUT2D eigenvalue weighted by atomic mass is 15.3. The summed E-state index contributed by atoms with van der Waals surface area (Å²) in [6.07, 6.45) is 4.86. The van der Waals surface area contributed by atoms with Gasteiger partial charge in [0, 0.05) is 31.9 Å². The molecule has 18 heavy (non-hydrogen) atoms. The predicted octanol–water partition coefficient (Wildman–Crippen LogP) is 1.53. The monoisotopic (exact) mass is 248 g/mol. The van der Waals surface area contributed by atoms with Crippen molar-refractivity contribution in [2.24, 2.45) is 7.05 Å². The highest BCUT2D eigenvalue weighted by Gasteiger charge is 2.11. The lowest BCUT2D eigenvalue weighted by molar-refractivity contribution is 0.603. The van der Waals surface area contributed by atoms with Crippen LogP contribution in [0.1, 0.15) is 24.6 Å². The zero-order valence-electron chi connectivity index (χ0n) is 11.1. The van der Waals surface area contributed by atoms with Crippen molar-refractivity contribution in [3.05, 3.63) is 23.7 Å². The highest BCUT2D eigenvalue weighted by Crippen LogP contribution is 2.23. The van der Waals surface area contributed by atoms with Gasteiger partial charge >= 0.3 is 0 Å². The number of hydrogen-bond acceptors (Lipinski definition) is 4. The summed E-state index contributed by atoms with van der Waals surface area (Å²) < 4.78 is 3.72. The summed E-state index contributed by atoms with van der Waals surface area (Å²) >= 11 is 0. The van der Waals surface area contributed by atoms with Gasteiger partial charge in [-0.2, -0.15) is 10.2 Å². The Morgan fingerprint density at radius 1 is 1.44 bits per heavy atom. The van der Waals surface area contributed by atoms with Gasteiger partial charge in [0.15, 0.2) is 0 Å². The Morgan fingerprint density at radius 2 is 2.22 bits per heavy atom. The lowest BCUT2D eigenvalue weighted by Crippen LogP contribution is -2.08. The van der Waals surface area contributed by atoms with Crippen molar-refractivity contribution >= 4 is 11.5 Å². The molecule has 0 unspecified atom stereocenters. The first-order chi connectivity index (χ1) is 8.61. The smallest absolute Gasteiger partial charge is 0.148 e. The largest absolute Gasteiger partial charge is 0.394 e. The van der Waals surface area contributed by atoms with Gasteiger partial charge in [-0.05, 0) is 13.3 Å². The van der Waals surface area contributed by atoms with Crippen LogP contribution in [0.5, 0.6) is 0 Å². The Bertz CT molecular complexity index is 525. The molecular formula is C12H20N6. The number of anilines is 2. The second kappa shape index (κ2) is 5.12. The van der Waals surface area contributed by atoms with E-state index in [-0.39, 0.29) is 0 Å². The summed E-state index contributed by atoms with van der Waals surface area (Å²) in [6, 6.07) is 0. The molecule has 0 aliphatic carbocycles. The molecule has 98 valence electrons. The summed E-state index contributed by atoms with van der Waals surface area (Å²) in [5.74, 6) is 0.901. The quantitative estimate of drug-likeness (QED) is 0.841. The minimum absolute atomic E-state index is 0.701. The van der Waals surface area contributed by atoms with E-state index in [2.05, 4.69) is 22.4 Å². The average molecular weight is 248 g/mol. The maximum Gasteiger partial charge on any atom is 0.148 e. The van der Waals surface area contributed by atoms with Gasteiger partial charge in [0.2, 0.25) is 0 Å². The molecule has 2 rings (SSSR count). The van der Waals surface area contributed by atoms with E-state index < -0.39 is 0 Å². The Kier molecular flexibility index (Phi) is 3.55. The van der Waals surface area contributed by atoms with Crippen molar-refractivity contribution in [1.29, 1.82) is 0 Å². The van der Waals surface area contributed by atoms with Crippen LogP contribution in [0.15, 0.2) is 12.4 Å². The first kappa shape index (κ1) is 12.5. The maximum absolute atomic E-state index is 6.04. The van der Waals surface area contributed by atoms with Crippen LogP contribution in [-0.2, 0) is 20.1 Å². The van der Waals surface area contributed by atoms with E-state index in [1.54, 1.807) is 4.68 Å². The Balaban J connectivity index is 2.12. The molecule has 2 aromatic rings. The van der Waals surface area contributed by atoms with E-state index in [9.17, 15) is 0 Å². The van der Waals surface area contributed by atoms with Crippen LogP contribution in [0, 0.1) is 6.92 Å². The number of nitrogens with two attached hydrogens (primary N) is 1. The molecule has 0 amide bonds. The van der Waals surface area contributed by atoms with E-state index in [0.29, 0.717) is 6.54 Å². The standard InChI is InChI=1S/C12H20N6/c1-4-5-18-12(11(13)9(2)16-18)14-6-10-7-15-17(3)8-10/h7-8,14H,4-6,13H2,1-3H3. The van der Waals surface area contributed by atoms with Crippen molar-refractivity contribution in [2.75, 3.05) is 11.1 Å². The molecule has 0 aromatic carbocycles. The molecule has 0 atom stereocenters. The minimum atomic E-state index is 0.701. The molecule has 0 fully saturated rings. The maximum atomic E-state index is 6.04. The summed E-state index contributed by atoms with van der Waals surface area (Å²) in [7, 11) is 1.91. The predicted molar refractivity (Wildman–Crippen MR) is 72.2 cm³/mol. The van der Waals surface area contributed by atoms with Gasteiger partial charge < -0.3 is 11.1 Å². The zero-order valence-corrected chi connectivity index (χ0v) is 11.1. The van der Waals surface area contributed by atoms with Gasteiger partial charge in [-0.25, -0.2) is 4.68 Å². The van der Waals surface area contributed by atoms with Crippen LogP contribution in [0.3, 0.4) is 0 Å². The molecule has 2 heterocycles. The number of aryl methyl sites for hydroxylation is 3. The molecule has 6 heteroatoms. The van der Waals surface area contributed by atoms with Crippen molar-refractivity contribution in [1.82, 2.24) is 19.6 Å². The fourth-order valence-electron chi connectivity index (χ4n) is 1.90. The number of hydrogen-bond donors (Lipinski definition) is 2. The molecule has 2 aromatic heterocycles. The second-order valence-corrected chi connectivity index (χ2v) is 4.45. The molecule has 0 saturated carbocycles. The normalized spacial score (nSPS) is 10.8. The van der Waals surface area contributed by atoms with E-state index in [1.807, 2.05) is 31.0 Å². The lowest BCUT2D eigenvalue weighted by Gasteiger charge is -2.08. The molecule has 0 spiro atoms. The van der Waals surface area contributed by atoms with Gasteiger partial charge in [-0.15, -0.1) is 0 Å². The summed E-state index contributed by atoms with van der Waals surface area (Å²) in [4.78, 5) is 0. The molecule has 0 aliphatic rings. The van der Waals surface area contributed by atoms with Crippen LogP contribution in [0.2, 0.25) is 0 Å². The van der Waals surface area contributed by atoms with Crippen LogP contribution in [0.25, 0.3) is 0 Å². The van der Waals surface area contributed by atoms with E-state index in [1.165, 1.54) is 0 Å². The topological polar surface area (TPSA) is 73.7 Å². The number of nitrogens with one attached hydrogen (secondary N) is 1. The van der Waals surface area contributed by atoms with E-state index in [4.69, 9.17) is 5.73 Å². The Labute approximate surface area is 107 Å². The first-order valence-corrected chi connectivity index (χ1v) is 6.16. The van der Waals surface area contributed by atoms with Crippen molar-refractivity contribution in [3.8, 4) is 0 Å². The fourth-order valence-corrected chi connectivity index (χ4v) is 1.90.